The van der Waals surface area contributed by atoms with Gasteiger partial charge in [0.15, 0.2) is 5.13 Å². The lowest BCUT2D eigenvalue weighted by Gasteiger charge is -2.03. The fourth-order valence-electron chi connectivity index (χ4n) is 1.64. The summed E-state index contributed by atoms with van der Waals surface area (Å²) in [5.41, 5.74) is 4.68. The largest absolute Gasteiger partial charge is 0.300 e. The fourth-order valence-corrected chi connectivity index (χ4v) is 2.34. The summed E-state index contributed by atoms with van der Waals surface area (Å²) in [5.74, 6) is 0.261. The van der Waals surface area contributed by atoms with Gasteiger partial charge in [-0.25, -0.2) is 20.4 Å². The zero-order valence-corrected chi connectivity index (χ0v) is 12.2. The number of hydrogen-bond acceptors (Lipinski definition) is 7. The van der Waals surface area contributed by atoms with E-state index in [1.807, 2.05) is 19.9 Å². The van der Waals surface area contributed by atoms with Crippen molar-refractivity contribution in [2.24, 2.45) is 0 Å². The topological polar surface area (TPSA) is 89.0 Å². The third-order valence-electron chi connectivity index (χ3n) is 2.31. The van der Waals surface area contributed by atoms with Crippen LogP contribution in [0, 0.1) is 13.8 Å². The molecule has 106 valence electrons. The molecule has 0 fully saturated rings. The Hall–Kier alpha value is -2.06. The van der Waals surface area contributed by atoms with Crippen molar-refractivity contribution in [3.8, 4) is 0 Å². The number of nitrogens with zero attached hydrogens (tertiary/aromatic N) is 3. The van der Waals surface area contributed by atoms with Crippen LogP contribution in [0.1, 0.15) is 17.1 Å². The molecule has 0 aliphatic carbocycles. The van der Waals surface area contributed by atoms with Gasteiger partial charge in [0.2, 0.25) is 11.9 Å². The molecular formula is C12H15N5O2S. The van der Waals surface area contributed by atoms with Gasteiger partial charge in [-0.15, -0.1) is 11.3 Å². The van der Waals surface area contributed by atoms with E-state index < -0.39 is 0 Å². The molecule has 0 aromatic carbocycles. The molecule has 0 radical (unpaired) electrons. The van der Waals surface area contributed by atoms with Crippen LogP contribution < -0.4 is 10.8 Å². The molecule has 0 unspecified atom stereocenters. The van der Waals surface area contributed by atoms with E-state index in [0.717, 1.165) is 11.4 Å². The van der Waals surface area contributed by atoms with Crippen molar-refractivity contribution in [2.45, 2.75) is 20.3 Å². The summed E-state index contributed by atoms with van der Waals surface area (Å²) in [5, 5.41) is 5.49. The molecule has 2 aromatic heterocycles. The number of thiazole rings is 1. The molecule has 0 saturated heterocycles. The highest BCUT2D eigenvalue weighted by Gasteiger charge is 2.08. The van der Waals surface area contributed by atoms with Gasteiger partial charge in [0, 0.05) is 16.8 Å². The summed E-state index contributed by atoms with van der Waals surface area (Å²) >= 11 is 1.39. The Bertz CT molecular complexity index is 593. The molecule has 1 amide bonds. The van der Waals surface area contributed by atoms with Gasteiger partial charge in [-0.2, -0.15) is 0 Å². The van der Waals surface area contributed by atoms with E-state index in [-0.39, 0.29) is 12.3 Å². The van der Waals surface area contributed by atoms with Crippen molar-refractivity contribution in [1.29, 1.82) is 0 Å². The molecule has 20 heavy (non-hydrogen) atoms. The lowest BCUT2D eigenvalue weighted by molar-refractivity contribution is -0.130. The van der Waals surface area contributed by atoms with Crippen LogP contribution in [-0.2, 0) is 16.1 Å². The van der Waals surface area contributed by atoms with Gasteiger partial charge in [0.1, 0.15) is 0 Å². The molecule has 0 bridgehead atoms. The van der Waals surface area contributed by atoms with Crippen molar-refractivity contribution in [1.82, 2.24) is 20.4 Å². The maximum atomic E-state index is 11.4. The molecule has 0 aliphatic heterocycles. The van der Waals surface area contributed by atoms with Gasteiger partial charge in [-0.3, -0.25) is 9.63 Å². The van der Waals surface area contributed by atoms with E-state index in [4.69, 9.17) is 0 Å². The predicted octanol–water partition coefficient (Wildman–Crippen LogP) is 1.51. The average Bonchev–Trinajstić information content (AvgIpc) is 2.75. The summed E-state index contributed by atoms with van der Waals surface area (Å²) in [4.78, 5) is 28.7. The second kappa shape index (κ2) is 6.40. The summed E-state index contributed by atoms with van der Waals surface area (Å²) in [6, 6.07) is 1.90. The van der Waals surface area contributed by atoms with Crippen molar-refractivity contribution >= 4 is 28.3 Å². The van der Waals surface area contributed by atoms with Gasteiger partial charge >= 0.3 is 0 Å². The van der Waals surface area contributed by atoms with Gasteiger partial charge in [0.25, 0.3) is 0 Å². The maximum absolute atomic E-state index is 11.4. The number of carbonyl (C=O) groups excluding carboxylic acids is 1. The average molecular weight is 293 g/mol. The van der Waals surface area contributed by atoms with E-state index in [2.05, 4.69) is 30.6 Å². The van der Waals surface area contributed by atoms with Gasteiger partial charge in [-0.05, 0) is 19.9 Å². The van der Waals surface area contributed by atoms with E-state index >= 15 is 0 Å². The second-order valence-corrected chi connectivity index (χ2v) is 5.01. The highest BCUT2D eigenvalue weighted by atomic mass is 32.1. The van der Waals surface area contributed by atoms with Gasteiger partial charge in [0.05, 0.1) is 19.2 Å². The van der Waals surface area contributed by atoms with Crippen molar-refractivity contribution < 1.29 is 9.63 Å². The number of nitrogens with one attached hydrogen (secondary N) is 2. The second-order valence-electron chi connectivity index (χ2n) is 4.15. The third-order valence-corrected chi connectivity index (χ3v) is 3.12. The summed E-state index contributed by atoms with van der Waals surface area (Å²) in [7, 11) is 1.39. The van der Waals surface area contributed by atoms with Gasteiger partial charge in [-0.1, -0.05) is 0 Å². The minimum Gasteiger partial charge on any atom is -0.300 e. The van der Waals surface area contributed by atoms with Crippen LogP contribution in [0.3, 0.4) is 0 Å². The van der Waals surface area contributed by atoms with Crippen LogP contribution in [0.4, 0.5) is 11.1 Å². The Kier molecular flexibility index (Phi) is 4.59. The lowest BCUT2D eigenvalue weighted by Crippen LogP contribution is -2.23. The molecule has 7 nitrogen and oxygen atoms in total. The number of hydroxylamine groups is 1. The highest BCUT2D eigenvalue weighted by molar-refractivity contribution is 7.13. The Morgan fingerprint density at radius 3 is 2.65 bits per heavy atom. The van der Waals surface area contributed by atoms with Crippen LogP contribution in [0.15, 0.2) is 11.4 Å². The zero-order chi connectivity index (χ0) is 14.5. The number of aromatic nitrogens is 3. The van der Waals surface area contributed by atoms with Crippen LogP contribution in [-0.4, -0.2) is 28.0 Å². The molecule has 0 saturated carbocycles. The van der Waals surface area contributed by atoms with Crippen LogP contribution in [0.5, 0.6) is 0 Å². The summed E-state index contributed by atoms with van der Waals surface area (Å²) in [6.07, 6.45) is 0.166. The van der Waals surface area contributed by atoms with E-state index in [1.165, 1.54) is 18.4 Å². The quantitative estimate of drug-likeness (QED) is 0.812. The lowest BCUT2D eigenvalue weighted by atomic mass is 10.3. The fraction of sp³-hybridized carbons (Fsp3) is 0.333. The minimum absolute atomic E-state index is 0.166. The molecular weight excluding hydrogens is 278 g/mol. The third kappa shape index (κ3) is 3.97. The molecule has 2 rings (SSSR count). The normalized spacial score (nSPS) is 10.3. The first kappa shape index (κ1) is 14.4. The maximum Gasteiger partial charge on any atom is 0.249 e. The van der Waals surface area contributed by atoms with E-state index in [0.29, 0.717) is 16.8 Å². The first-order valence-corrected chi connectivity index (χ1v) is 6.80. The number of anilines is 2. The van der Waals surface area contributed by atoms with Crippen LogP contribution in [0.25, 0.3) is 0 Å². The minimum atomic E-state index is -0.244. The standard InChI is InChI=1S/C12H15N5O2S/c1-7-4-8(2)14-11(13-7)16-12-15-9(6-20-12)5-10(18)17-19-3/h4,6H,5H2,1-3H3,(H,17,18)(H,13,14,15,16). The van der Waals surface area contributed by atoms with E-state index in [9.17, 15) is 4.79 Å². The Labute approximate surface area is 120 Å². The van der Waals surface area contributed by atoms with Crippen molar-refractivity contribution in [3.63, 3.8) is 0 Å². The monoisotopic (exact) mass is 293 g/mol. The molecule has 0 spiro atoms. The molecule has 2 N–H and O–H groups in total. The number of amides is 1. The van der Waals surface area contributed by atoms with Crippen molar-refractivity contribution in [3.05, 3.63) is 28.5 Å². The Balaban J connectivity index is 2.03. The summed E-state index contributed by atoms with van der Waals surface area (Å²) < 4.78 is 0. The van der Waals surface area contributed by atoms with Crippen LogP contribution in [0.2, 0.25) is 0 Å². The van der Waals surface area contributed by atoms with E-state index in [1.54, 1.807) is 5.38 Å². The number of rotatable bonds is 5. The SMILES string of the molecule is CONC(=O)Cc1csc(Nc2nc(C)cc(C)n2)n1. The predicted molar refractivity (Wildman–Crippen MR) is 75.8 cm³/mol. The number of carbonyl (C=O) groups is 1. The highest BCUT2D eigenvalue weighted by Crippen LogP contribution is 2.19. The van der Waals surface area contributed by atoms with Gasteiger partial charge < -0.3 is 5.32 Å². The number of hydrogen-bond donors (Lipinski definition) is 2. The zero-order valence-electron chi connectivity index (χ0n) is 11.4. The molecule has 2 heterocycles. The molecule has 8 heteroatoms. The number of aryl methyl sites for hydroxylation is 2. The summed E-state index contributed by atoms with van der Waals surface area (Å²) in [6.45, 7) is 3.81. The van der Waals surface area contributed by atoms with Crippen LogP contribution >= 0.6 is 11.3 Å². The Morgan fingerprint density at radius 1 is 1.30 bits per heavy atom. The first-order valence-electron chi connectivity index (χ1n) is 5.92. The molecule has 0 atom stereocenters. The molecule has 0 aliphatic rings. The Morgan fingerprint density at radius 2 is 2.00 bits per heavy atom. The smallest absolute Gasteiger partial charge is 0.249 e. The molecule has 2 aromatic rings. The first-order chi connectivity index (χ1) is 9.56. The van der Waals surface area contributed by atoms with Crippen molar-refractivity contribution in [2.75, 3.05) is 12.4 Å².